The van der Waals surface area contributed by atoms with Crippen molar-refractivity contribution in [2.24, 2.45) is 5.92 Å². The van der Waals surface area contributed by atoms with Gasteiger partial charge in [0.1, 0.15) is 0 Å². The van der Waals surface area contributed by atoms with Crippen molar-refractivity contribution in [3.8, 4) is 0 Å². The number of halogens is 2. The van der Waals surface area contributed by atoms with Gasteiger partial charge in [0.05, 0.1) is 22.9 Å². The summed E-state index contributed by atoms with van der Waals surface area (Å²) >= 11 is 13.9. The van der Waals surface area contributed by atoms with Crippen molar-refractivity contribution in [3.05, 3.63) is 85.8 Å². The molecule has 3 fully saturated rings. The maximum Gasteiger partial charge on any atom is 0.0897 e. The van der Waals surface area contributed by atoms with Crippen molar-refractivity contribution in [2.75, 3.05) is 39.8 Å². The van der Waals surface area contributed by atoms with Crippen LogP contribution in [-0.4, -0.2) is 60.2 Å². The highest BCUT2D eigenvalue weighted by atomic mass is 35.5. The normalized spacial score (nSPS) is 23.5. The first-order valence-corrected chi connectivity index (χ1v) is 15.5. The molecule has 204 valence electrons. The van der Waals surface area contributed by atoms with Gasteiger partial charge in [-0.15, -0.1) is 11.3 Å². The number of aromatic nitrogens is 1. The number of hydrogen-bond donors (Lipinski definition) is 0. The quantitative estimate of drug-likeness (QED) is 0.317. The maximum atomic E-state index is 6.24. The van der Waals surface area contributed by atoms with E-state index in [1.54, 1.807) is 11.3 Å². The minimum atomic E-state index is 0.214. The van der Waals surface area contributed by atoms with Crippen molar-refractivity contribution >= 4 is 34.5 Å². The van der Waals surface area contributed by atoms with E-state index in [0.717, 1.165) is 47.8 Å². The summed E-state index contributed by atoms with van der Waals surface area (Å²) in [6.07, 6.45) is 6.05. The lowest BCUT2D eigenvalue weighted by molar-refractivity contribution is -0.0394. The number of ether oxygens (including phenoxy) is 1. The summed E-state index contributed by atoms with van der Waals surface area (Å²) in [6.45, 7) is 8.45. The van der Waals surface area contributed by atoms with Gasteiger partial charge in [0.15, 0.2) is 0 Å². The van der Waals surface area contributed by atoms with Crippen LogP contribution in [0.4, 0.5) is 0 Å². The van der Waals surface area contributed by atoms with Gasteiger partial charge in [-0.3, -0.25) is 4.90 Å². The van der Waals surface area contributed by atoms with E-state index in [4.69, 9.17) is 27.9 Å². The van der Waals surface area contributed by atoms with Crippen LogP contribution in [0.15, 0.2) is 53.9 Å². The van der Waals surface area contributed by atoms with E-state index in [1.165, 1.54) is 56.5 Å². The molecule has 3 aliphatic heterocycles. The van der Waals surface area contributed by atoms with E-state index in [0.29, 0.717) is 10.9 Å². The van der Waals surface area contributed by atoms with Gasteiger partial charge in [-0.25, -0.2) is 4.98 Å². The van der Waals surface area contributed by atoms with Gasteiger partial charge in [0.25, 0.3) is 0 Å². The average molecular weight is 573 g/mol. The molecule has 0 bridgehead atoms. The highest BCUT2D eigenvalue weighted by Gasteiger charge is 2.41. The van der Waals surface area contributed by atoms with Gasteiger partial charge in [0.2, 0.25) is 0 Å². The van der Waals surface area contributed by atoms with E-state index < -0.39 is 0 Å². The molecular weight excluding hydrogens is 533 g/mol. The Morgan fingerprint density at radius 3 is 2.58 bits per heavy atom. The molecule has 38 heavy (non-hydrogen) atoms. The van der Waals surface area contributed by atoms with Crippen LogP contribution in [0.3, 0.4) is 0 Å². The second-order valence-corrected chi connectivity index (χ2v) is 13.2. The molecule has 4 heterocycles. The number of hydrogen-bond acceptors (Lipinski definition) is 5. The highest BCUT2D eigenvalue weighted by molar-refractivity contribution is 7.09. The molecule has 1 aromatic heterocycles. The van der Waals surface area contributed by atoms with E-state index in [2.05, 4.69) is 64.5 Å². The van der Waals surface area contributed by atoms with Crippen LogP contribution in [-0.2, 0) is 17.7 Å². The minimum Gasteiger partial charge on any atom is -0.375 e. The second kappa shape index (κ2) is 12.8. The van der Waals surface area contributed by atoms with Gasteiger partial charge in [-0.05, 0) is 81.8 Å². The molecule has 4 nitrogen and oxygen atoms in total. The number of aryl methyl sites for hydroxylation is 1. The smallest absolute Gasteiger partial charge is 0.0897 e. The number of likely N-dealkylation sites (tertiary alicyclic amines) is 2. The van der Waals surface area contributed by atoms with E-state index in [-0.39, 0.29) is 5.60 Å². The standard InChI is InChI=1S/C16H23NO.C15H16Cl2N2S/c1-17-9-7-16(8-10-17)12-15(13-18-16)11-14-5-3-2-4-6-14;1-10-18-15(9-20-10)12-4-5-19(8-12)7-11-2-3-13(16)6-14(11)17/h2-6,15H,7-13H2,1H3;2-3,6,9,12H,4-5,7-8H2,1H3. The van der Waals surface area contributed by atoms with Gasteiger partial charge < -0.3 is 9.64 Å². The minimum absolute atomic E-state index is 0.214. The third-order valence-electron chi connectivity index (χ3n) is 8.29. The van der Waals surface area contributed by atoms with Crippen LogP contribution in [0.2, 0.25) is 10.0 Å². The number of nitrogens with zero attached hydrogens (tertiary/aromatic N) is 3. The largest absolute Gasteiger partial charge is 0.375 e. The molecule has 2 aromatic carbocycles. The Balaban J connectivity index is 0.000000156. The third kappa shape index (κ3) is 7.38. The first kappa shape index (κ1) is 28.1. The van der Waals surface area contributed by atoms with Gasteiger partial charge in [-0.1, -0.05) is 59.6 Å². The van der Waals surface area contributed by atoms with Crippen molar-refractivity contribution in [1.29, 1.82) is 0 Å². The zero-order chi connectivity index (χ0) is 26.5. The highest BCUT2D eigenvalue weighted by Crippen LogP contribution is 2.39. The molecule has 7 heteroatoms. The summed E-state index contributed by atoms with van der Waals surface area (Å²) in [7, 11) is 2.21. The Hall–Kier alpha value is -1.47. The molecular formula is C31H39Cl2N3OS. The van der Waals surface area contributed by atoms with Gasteiger partial charge >= 0.3 is 0 Å². The van der Waals surface area contributed by atoms with Crippen molar-refractivity contribution in [2.45, 2.75) is 57.1 Å². The van der Waals surface area contributed by atoms with E-state index in [1.807, 2.05) is 18.2 Å². The Morgan fingerprint density at radius 2 is 1.87 bits per heavy atom. The fourth-order valence-corrected chi connectivity index (χ4v) is 7.23. The zero-order valence-electron chi connectivity index (χ0n) is 22.5. The summed E-state index contributed by atoms with van der Waals surface area (Å²) in [5, 5.41) is 4.79. The molecule has 0 saturated carbocycles. The molecule has 3 aliphatic rings. The van der Waals surface area contributed by atoms with Crippen LogP contribution in [0, 0.1) is 12.8 Å². The van der Waals surface area contributed by atoms with Crippen molar-refractivity contribution in [1.82, 2.24) is 14.8 Å². The molecule has 0 radical (unpaired) electrons. The number of piperidine rings is 1. The average Bonchev–Trinajstić information content (AvgIpc) is 3.65. The van der Waals surface area contributed by atoms with Crippen LogP contribution in [0.5, 0.6) is 0 Å². The topological polar surface area (TPSA) is 28.6 Å². The van der Waals surface area contributed by atoms with E-state index in [9.17, 15) is 0 Å². The fraction of sp³-hybridized carbons (Fsp3) is 0.516. The molecule has 3 aromatic rings. The molecule has 2 unspecified atom stereocenters. The SMILES string of the molecule is CN1CCC2(CC1)CC(Cc1ccccc1)CO2.Cc1nc(C2CCN(Cc3ccc(Cl)cc3Cl)C2)cs1. The number of benzene rings is 2. The molecule has 1 spiro atoms. The lowest BCUT2D eigenvalue weighted by Crippen LogP contribution is -2.42. The summed E-state index contributed by atoms with van der Waals surface area (Å²) in [5.41, 5.74) is 4.06. The zero-order valence-corrected chi connectivity index (χ0v) is 24.9. The summed E-state index contributed by atoms with van der Waals surface area (Å²) < 4.78 is 6.19. The Bertz CT molecular complexity index is 1180. The van der Waals surface area contributed by atoms with Crippen LogP contribution >= 0.6 is 34.5 Å². The number of thiazole rings is 1. The lowest BCUT2D eigenvalue weighted by Gasteiger charge is -2.37. The van der Waals surface area contributed by atoms with Crippen LogP contribution in [0.1, 0.15) is 53.4 Å². The first-order valence-electron chi connectivity index (χ1n) is 13.8. The molecule has 3 saturated heterocycles. The second-order valence-electron chi connectivity index (χ2n) is 11.3. The van der Waals surface area contributed by atoms with E-state index >= 15 is 0 Å². The first-order chi connectivity index (χ1) is 18.4. The predicted octanol–water partition coefficient (Wildman–Crippen LogP) is 7.48. The van der Waals surface area contributed by atoms with Crippen LogP contribution < -0.4 is 0 Å². The molecule has 0 N–H and O–H groups in total. The molecule has 0 amide bonds. The summed E-state index contributed by atoms with van der Waals surface area (Å²) in [4.78, 5) is 9.47. The Labute approximate surface area is 241 Å². The Kier molecular flexibility index (Phi) is 9.46. The van der Waals surface area contributed by atoms with Crippen molar-refractivity contribution in [3.63, 3.8) is 0 Å². The van der Waals surface area contributed by atoms with Crippen LogP contribution in [0.25, 0.3) is 0 Å². The number of rotatable bonds is 5. The monoisotopic (exact) mass is 571 g/mol. The Morgan fingerprint density at radius 1 is 1.08 bits per heavy atom. The van der Waals surface area contributed by atoms with Gasteiger partial charge in [-0.2, -0.15) is 0 Å². The fourth-order valence-electron chi connectivity index (χ4n) is 6.07. The maximum absolute atomic E-state index is 6.24. The lowest BCUT2D eigenvalue weighted by atomic mass is 9.84. The predicted molar refractivity (Wildman–Crippen MR) is 160 cm³/mol. The summed E-state index contributed by atoms with van der Waals surface area (Å²) in [6, 6.07) is 16.6. The van der Waals surface area contributed by atoms with Crippen molar-refractivity contribution < 1.29 is 4.74 Å². The summed E-state index contributed by atoms with van der Waals surface area (Å²) in [5.74, 6) is 1.28. The molecule has 0 aliphatic carbocycles. The van der Waals surface area contributed by atoms with Gasteiger partial charge in [0, 0.05) is 47.5 Å². The molecule has 6 rings (SSSR count). The third-order valence-corrected chi connectivity index (χ3v) is 9.67. The molecule has 2 atom stereocenters.